The molecule has 0 bridgehead atoms. The minimum absolute atomic E-state index is 0.0465. The quantitative estimate of drug-likeness (QED) is 0.294. The molecule has 6 nitrogen and oxygen atoms in total. The minimum atomic E-state index is -1.23. The molecule has 0 aliphatic heterocycles. The van der Waals surface area contributed by atoms with Crippen LogP contribution in [0.3, 0.4) is 0 Å². The lowest BCUT2D eigenvalue weighted by Crippen LogP contribution is -2.12. The van der Waals surface area contributed by atoms with E-state index in [0.29, 0.717) is 0 Å². The molecule has 6 heteroatoms. The van der Waals surface area contributed by atoms with Crippen LogP contribution in [0.15, 0.2) is 38.0 Å². The molecule has 0 fully saturated rings. The predicted octanol–water partition coefficient (Wildman–Crippen LogP) is -0.0721. The van der Waals surface area contributed by atoms with Gasteiger partial charge in [0, 0.05) is 12.2 Å². The first-order valence-corrected chi connectivity index (χ1v) is 4.55. The van der Waals surface area contributed by atoms with Crippen molar-refractivity contribution in [2.45, 2.75) is 6.29 Å². The number of esters is 2. The molecule has 1 unspecified atom stereocenters. The van der Waals surface area contributed by atoms with E-state index in [4.69, 9.17) is 10.2 Å². The number of aliphatic hydroxyl groups excluding tert-OH is 2. The summed E-state index contributed by atoms with van der Waals surface area (Å²) in [7, 11) is 0. The maximum atomic E-state index is 10.2. The van der Waals surface area contributed by atoms with Crippen LogP contribution < -0.4 is 0 Å². The van der Waals surface area contributed by atoms with Gasteiger partial charge in [0.2, 0.25) is 6.29 Å². The van der Waals surface area contributed by atoms with Crippen LogP contribution in [0, 0.1) is 0 Å². The molecule has 0 rings (SSSR count). The van der Waals surface area contributed by atoms with Crippen LogP contribution in [-0.2, 0) is 19.1 Å². The van der Waals surface area contributed by atoms with E-state index in [9.17, 15) is 9.59 Å². The van der Waals surface area contributed by atoms with Gasteiger partial charge in [-0.25, -0.2) is 9.59 Å². The van der Waals surface area contributed by atoms with Crippen molar-refractivity contribution in [2.24, 2.45) is 0 Å². The monoisotopic (exact) mass is 244 g/mol. The van der Waals surface area contributed by atoms with Gasteiger partial charge in [0.05, 0.1) is 6.61 Å². The van der Waals surface area contributed by atoms with Gasteiger partial charge in [-0.1, -0.05) is 19.7 Å². The first kappa shape index (κ1) is 17.5. The summed E-state index contributed by atoms with van der Waals surface area (Å²) in [5, 5.41) is 16.6. The molecule has 0 aliphatic rings. The largest absolute Gasteiger partial charge is 0.460 e. The molecule has 0 aromatic heterocycles. The highest BCUT2D eigenvalue weighted by Crippen LogP contribution is 1.87. The third-order valence-electron chi connectivity index (χ3n) is 1.11. The van der Waals surface area contributed by atoms with E-state index in [-0.39, 0.29) is 13.2 Å². The van der Waals surface area contributed by atoms with Crippen molar-refractivity contribution in [2.75, 3.05) is 13.2 Å². The van der Waals surface area contributed by atoms with E-state index in [2.05, 4.69) is 29.2 Å². The molecule has 0 aromatic rings. The van der Waals surface area contributed by atoms with Crippen molar-refractivity contribution in [1.82, 2.24) is 0 Å². The topological polar surface area (TPSA) is 93.1 Å². The second-order valence-corrected chi connectivity index (χ2v) is 2.36. The van der Waals surface area contributed by atoms with Gasteiger partial charge in [-0.05, 0) is 6.08 Å². The van der Waals surface area contributed by atoms with E-state index < -0.39 is 18.2 Å². The molecule has 17 heavy (non-hydrogen) atoms. The molecule has 0 aromatic carbocycles. The number of aliphatic hydroxyl groups is 2. The van der Waals surface area contributed by atoms with Crippen molar-refractivity contribution in [3.63, 3.8) is 0 Å². The van der Waals surface area contributed by atoms with Gasteiger partial charge >= 0.3 is 11.9 Å². The average molecular weight is 244 g/mol. The van der Waals surface area contributed by atoms with Crippen molar-refractivity contribution >= 4 is 11.9 Å². The molecule has 0 saturated heterocycles. The van der Waals surface area contributed by atoms with Gasteiger partial charge in [0.15, 0.2) is 0 Å². The molecular formula is C11H16O6. The molecule has 0 amide bonds. The molecule has 96 valence electrons. The zero-order valence-electron chi connectivity index (χ0n) is 9.37. The zero-order valence-corrected chi connectivity index (χ0v) is 9.37. The Labute approximate surface area is 99.5 Å². The number of rotatable bonds is 6. The summed E-state index contributed by atoms with van der Waals surface area (Å²) in [6.07, 6.45) is 1.89. The zero-order chi connectivity index (χ0) is 13.7. The fourth-order valence-corrected chi connectivity index (χ4v) is 0.420. The SMILES string of the molecule is C=CC(=O)OC(O)C=C.C=CC(=O)OCCO. The molecule has 0 aliphatic carbocycles. The van der Waals surface area contributed by atoms with E-state index >= 15 is 0 Å². The normalized spacial score (nSPS) is 10.0. The molecular weight excluding hydrogens is 228 g/mol. The maximum absolute atomic E-state index is 10.2. The van der Waals surface area contributed by atoms with Crippen LogP contribution in [0.25, 0.3) is 0 Å². The van der Waals surface area contributed by atoms with Crippen molar-refractivity contribution in [1.29, 1.82) is 0 Å². The van der Waals surface area contributed by atoms with E-state index in [1.165, 1.54) is 0 Å². The summed E-state index contributed by atoms with van der Waals surface area (Å²) < 4.78 is 8.56. The van der Waals surface area contributed by atoms with Gasteiger partial charge < -0.3 is 19.7 Å². The van der Waals surface area contributed by atoms with E-state index in [1.807, 2.05) is 0 Å². The predicted molar refractivity (Wildman–Crippen MR) is 60.7 cm³/mol. The van der Waals surface area contributed by atoms with Crippen LogP contribution in [0.1, 0.15) is 0 Å². The summed E-state index contributed by atoms with van der Waals surface area (Å²) in [6, 6.07) is 0. The number of carbonyl (C=O) groups excluding carboxylic acids is 2. The Kier molecular flexibility index (Phi) is 12.5. The fraction of sp³-hybridized carbons (Fsp3) is 0.273. The van der Waals surface area contributed by atoms with Crippen molar-refractivity contribution in [3.8, 4) is 0 Å². The Morgan fingerprint density at radius 3 is 2.06 bits per heavy atom. The van der Waals surface area contributed by atoms with Gasteiger partial charge in [-0.3, -0.25) is 0 Å². The lowest BCUT2D eigenvalue weighted by atomic mass is 10.6. The fourth-order valence-electron chi connectivity index (χ4n) is 0.420. The van der Waals surface area contributed by atoms with Gasteiger partial charge in [-0.2, -0.15) is 0 Å². The molecule has 0 saturated carbocycles. The summed E-state index contributed by atoms with van der Waals surface area (Å²) in [4.78, 5) is 20.4. The Bertz CT molecular complexity index is 271. The van der Waals surface area contributed by atoms with Crippen LogP contribution >= 0.6 is 0 Å². The van der Waals surface area contributed by atoms with Gasteiger partial charge in [-0.15, -0.1) is 0 Å². The van der Waals surface area contributed by atoms with Crippen LogP contribution in [0.2, 0.25) is 0 Å². The Morgan fingerprint density at radius 2 is 1.71 bits per heavy atom. The Balaban J connectivity index is 0. The Hall–Kier alpha value is -1.92. The summed E-state index contributed by atoms with van der Waals surface area (Å²) in [6.45, 7) is 9.38. The van der Waals surface area contributed by atoms with E-state index in [1.54, 1.807) is 0 Å². The van der Waals surface area contributed by atoms with Gasteiger partial charge in [0.25, 0.3) is 0 Å². The average Bonchev–Trinajstić information content (AvgIpc) is 2.36. The smallest absolute Gasteiger partial charge is 0.332 e. The lowest BCUT2D eigenvalue weighted by molar-refractivity contribution is -0.154. The Morgan fingerprint density at radius 1 is 1.18 bits per heavy atom. The van der Waals surface area contributed by atoms with Gasteiger partial charge in [0.1, 0.15) is 6.61 Å². The molecule has 0 spiro atoms. The minimum Gasteiger partial charge on any atom is -0.460 e. The standard InChI is InChI=1S/C6H8O3.C5H8O3/c1-3-5(7)9-6(8)4-2;1-2-5(7)8-4-3-6/h3-5,7H,1-2H2;2,6H,1,3-4H2. The third kappa shape index (κ3) is 14.1. The van der Waals surface area contributed by atoms with E-state index in [0.717, 1.165) is 18.2 Å². The molecule has 1 atom stereocenters. The van der Waals surface area contributed by atoms with Crippen molar-refractivity contribution < 1.29 is 29.3 Å². The maximum Gasteiger partial charge on any atom is 0.332 e. The third-order valence-corrected chi connectivity index (χ3v) is 1.11. The molecule has 2 N–H and O–H groups in total. The lowest BCUT2D eigenvalue weighted by Gasteiger charge is -2.02. The molecule has 0 radical (unpaired) electrons. The summed E-state index contributed by atoms with van der Waals surface area (Å²) >= 11 is 0. The highest BCUT2D eigenvalue weighted by molar-refractivity contribution is 5.81. The van der Waals surface area contributed by atoms with Crippen LogP contribution in [0.4, 0.5) is 0 Å². The highest BCUT2D eigenvalue weighted by atomic mass is 16.6. The number of hydrogen-bond acceptors (Lipinski definition) is 6. The highest BCUT2D eigenvalue weighted by Gasteiger charge is 2.00. The second-order valence-electron chi connectivity index (χ2n) is 2.36. The van der Waals surface area contributed by atoms with Crippen molar-refractivity contribution in [3.05, 3.63) is 38.0 Å². The van der Waals surface area contributed by atoms with Crippen LogP contribution in [-0.4, -0.2) is 41.7 Å². The summed E-state index contributed by atoms with van der Waals surface area (Å²) in [5.41, 5.74) is 0. The first-order chi connectivity index (χ1) is 8.01. The molecule has 0 heterocycles. The second kappa shape index (κ2) is 12.2. The van der Waals surface area contributed by atoms with Crippen LogP contribution in [0.5, 0.6) is 0 Å². The number of carbonyl (C=O) groups is 2. The number of ether oxygens (including phenoxy) is 2. The number of hydrogen-bond donors (Lipinski definition) is 2. The summed E-state index contributed by atoms with van der Waals surface area (Å²) in [5.74, 6) is -1.17. The first-order valence-electron chi connectivity index (χ1n) is 4.55.